The normalized spacial score (nSPS) is 15.1. The Labute approximate surface area is 118 Å². The first-order valence-electron chi connectivity index (χ1n) is 6.32. The highest BCUT2D eigenvalue weighted by Gasteiger charge is 2.39. The van der Waals surface area contributed by atoms with Gasteiger partial charge in [-0.15, -0.1) is 10.2 Å². The van der Waals surface area contributed by atoms with Crippen LogP contribution < -0.4 is 10.6 Å². The zero-order valence-electron chi connectivity index (χ0n) is 11.2. The fourth-order valence-corrected chi connectivity index (χ4v) is 2.26. The standard InChI is InChI=1S/C12H13F3N6/c1-7-5-17-9(4-8(7)16)20-2-3-21-10(6-20)18-19-11(21)12(13,14)15/h4-5H,2-3,6H2,1H3,(H2,16,17). The monoisotopic (exact) mass is 298 g/mol. The van der Waals surface area contributed by atoms with Crippen molar-refractivity contribution < 1.29 is 13.2 Å². The van der Waals surface area contributed by atoms with Crippen molar-refractivity contribution in [1.29, 1.82) is 0 Å². The zero-order valence-corrected chi connectivity index (χ0v) is 11.2. The Kier molecular flexibility index (Phi) is 2.99. The first-order valence-corrected chi connectivity index (χ1v) is 6.32. The molecule has 1 aliphatic rings. The summed E-state index contributed by atoms with van der Waals surface area (Å²) in [5.41, 5.74) is 7.29. The lowest BCUT2D eigenvalue weighted by Crippen LogP contribution is -2.35. The number of fused-ring (bicyclic) bond motifs is 1. The maximum Gasteiger partial charge on any atom is 0.451 e. The second kappa shape index (κ2) is 4.61. The number of rotatable bonds is 1. The van der Waals surface area contributed by atoms with E-state index in [-0.39, 0.29) is 18.9 Å². The number of halogens is 3. The van der Waals surface area contributed by atoms with E-state index in [1.807, 2.05) is 11.8 Å². The molecule has 0 saturated carbocycles. The minimum atomic E-state index is -4.49. The highest BCUT2D eigenvalue weighted by molar-refractivity contribution is 5.54. The predicted molar refractivity (Wildman–Crippen MR) is 69.5 cm³/mol. The van der Waals surface area contributed by atoms with Crippen LogP contribution in [0.4, 0.5) is 24.7 Å². The Hall–Kier alpha value is -2.32. The molecule has 21 heavy (non-hydrogen) atoms. The quantitative estimate of drug-likeness (QED) is 0.865. The SMILES string of the molecule is Cc1cnc(N2CCn3c(nnc3C(F)(F)F)C2)cc1N. The molecule has 0 saturated heterocycles. The van der Waals surface area contributed by atoms with Crippen molar-refractivity contribution in [1.82, 2.24) is 19.7 Å². The van der Waals surface area contributed by atoms with Crippen LogP contribution in [-0.4, -0.2) is 26.3 Å². The van der Waals surface area contributed by atoms with Crippen molar-refractivity contribution in [3.63, 3.8) is 0 Å². The summed E-state index contributed by atoms with van der Waals surface area (Å²) in [6, 6.07) is 1.71. The third-order valence-electron chi connectivity index (χ3n) is 3.46. The van der Waals surface area contributed by atoms with Gasteiger partial charge < -0.3 is 15.2 Å². The number of hydrogen-bond donors (Lipinski definition) is 1. The largest absolute Gasteiger partial charge is 0.451 e. The summed E-state index contributed by atoms with van der Waals surface area (Å²) in [7, 11) is 0. The Morgan fingerprint density at radius 1 is 1.24 bits per heavy atom. The Morgan fingerprint density at radius 2 is 2.00 bits per heavy atom. The van der Waals surface area contributed by atoms with Gasteiger partial charge in [0.05, 0.1) is 6.54 Å². The molecule has 0 bridgehead atoms. The fraction of sp³-hybridized carbons (Fsp3) is 0.417. The van der Waals surface area contributed by atoms with E-state index in [0.717, 1.165) is 10.1 Å². The number of alkyl halides is 3. The van der Waals surface area contributed by atoms with E-state index in [1.165, 1.54) is 0 Å². The fourth-order valence-electron chi connectivity index (χ4n) is 2.26. The molecule has 0 amide bonds. The van der Waals surface area contributed by atoms with Crippen LogP contribution in [0.2, 0.25) is 0 Å². The summed E-state index contributed by atoms with van der Waals surface area (Å²) < 4.78 is 39.4. The highest BCUT2D eigenvalue weighted by Crippen LogP contribution is 2.30. The van der Waals surface area contributed by atoms with E-state index >= 15 is 0 Å². The van der Waals surface area contributed by atoms with E-state index in [9.17, 15) is 13.2 Å². The highest BCUT2D eigenvalue weighted by atomic mass is 19.4. The molecule has 0 radical (unpaired) electrons. The van der Waals surface area contributed by atoms with Crippen LogP contribution in [0.25, 0.3) is 0 Å². The lowest BCUT2D eigenvalue weighted by molar-refractivity contribution is -0.147. The third-order valence-corrected chi connectivity index (χ3v) is 3.46. The maximum absolute atomic E-state index is 12.8. The topological polar surface area (TPSA) is 72.9 Å². The van der Waals surface area contributed by atoms with Crippen molar-refractivity contribution in [3.8, 4) is 0 Å². The van der Waals surface area contributed by atoms with Crippen LogP contribution in [0, 0.1) is 6.92 Å². The van der Waals surface area contributed by atoms with Crippen LogP contribution in [-0.2, 0) is 19.3 Å². The molecule has 3 rings (SSSR count). The molecule has 0 fully saturated rings. The van der Waals surface area contributed by atoms with E-state index in [0.29, 0.717) is 18.1 Å². The predicted octanol–water partition coefficient (Wildman–Crippen LogP) is 1.60. The van der Waals surface area contributed by atoms with Crippen LogP contribution in [0.15, 0.2) is 12.3 Å². The summed E-state index contributed by atoms with van der Waals surface area (Å²) in [6.07, 6.45) is -2.84. The van der Waals surface area contributed by atoms with Crippen molar-refractivity contribution in [2.45, 2.75) is 26.2 Å². The molecule has 0 atom stereocenters. The molecular weight excluding hydrogens is 285 g/mol. The molecule has 0 aromatic carbocycles. The second-order valence-corrected chi connectivity index (χ2v) is 4.91. The molecule has 0 aliphatic carbocycles. The number of nitrogen functional groups attached to an aromatic ring is 1. The van der Waals surface area contributed by atoms with Gasteiger partial charge in [-0.25, -0.2) is 4.98 Å². The van der Waals surface area contributed by atoms with E-state index < -0.39 is 12.0 Å². The van der Waals surface area contributed by atoms with Gasteiger partial charge in [0.25, 0.3) is 0 Å². The molecule has 112 valence electrons. The summed E-state index contributed by atoms with van der Waals surface area (Å²) in [6.45, 7) is 2.61. The van der Waals surface area contributed by atoms with Crippen molar-refractivity contribution >= 4 is 11.5 Å². The first kappa shape index (κ1) is 13.7. The molecule has 9 heteroatoms. The minimum absolute atomic E-state index is 0.159. The summed E-state index contributed by atoms with van der Waals surface area (Å²) in [4.78, 5) is 6.09. The molecular formula is C12H13F3N6. The summed E-state index contributed by atoms with van der Waals surface area (Å²) >= 11 is 0. The van der Waals surface area contributed by atoms with Crippen LogP contribution in [0.1, 0.15) is 17.2 Å². The van der Waals surface area contributed by atoms with Crippen LogP contribution in [0.3, 0.4) is 0 Å². The van der Waals surface area contributed by atoms with Gasteiger partial charge in [-0.3, -0.25) is 0 Å². The number of anilines is 2. The minimum Gasteiger partial charge on any atom is -0.398 e. The zero-order chi connectivity index (χ0) is 15.2. The van der Waals surface area contributed by atoms with E-state index in [1.54, 1.807) is 12.3 Å². The number of pyridine rings is 1. The molecule has 2 N–H and O–H groups in total. The average molecular weight is 298 g/mol. The van der Waals surface area contributed by atoms with E-state index in [4.69, 9.17) is 5.73 Å². The molecule has 1 aliphatic heterocycles. The molecule has 2 aromatic heterocycles. The van der Waals surface area contributed by atoms with Crippen molar-refractivity contribution in [2.75, 3.05) is 17.2 Å². The number of aromatic nitrogens is 4. The smallest absolute Gasteiger partial charge is 0.398 e. The van der Waals surface area contributed by atoms with E-state index in [2.05, 4.69) is 15.2 Å². The first-order chi connectivity index (χ1) is 9.86. The van der Waals surface area contributed by atoms with Crippen LogP contribution >= 0.6 is 0 Å². The third kappa shape index (κ3) is 2.39. The van der Waals surface area contributed by atoms with Gasteiger partial charge in [0.2, 0.25) is 5.82 Å². The number of aryl methyl sites for hydroxylation is 1. The molecule has 0 unspecified atom stereocenters. The summed E-state index contributed by atoms with van der Waals surface area (Å²) in [5.74, 6) is -0.0519. The van der Waals surface area contributed by atoms with Gasteiger partial charge in [-0.1, -0.05) is 0 Å². The number of nitrogens with two attached hydrogens (primary N) is 1. The van der Waals surface area contributed by atoms with Gasteiger partial charge in [0, 0.05) is 31.0 Å². The lowest BCUT2D eigenvalue weighted by Gasteiger charge is -2.29. The molecule has 2 aromatic rings. The van der Waals surface area contributed by atoms with Crippen molar-refractivity contribution in [2.24, 2.45) is 0 Å². The summed E-state index contributed by atoms with van der Waals surface area (Å²) in [5, 5.41) is 6.88. The molecule has 6 nitrogen and oxygen atoms in total. The number of hydrogen-bond acceptors (Lipinski definition) is 5. The van der Waals surface area contributed by atoms with Gasteiger partial charge in [0.1, 0.15) is 5.82 Å². The lowest BCUT2D eigenvalue weighted by atomic mass is 10.2. The van der Waals surface area contributed by atoms with Crippen LogP contribution in [0.5, 0.6) is 0 Å². The van der Waals surface area contributed by atoms with Gasteiger partial charge in [0.15, 0.2) is 5.82 Å². The number of nitrogens with zero attached hydrogens (tertiary/aromatic N) is 5. The van der Waals surface area contributed by atoms with Gasteiger partial charge in [-0.05, 0) is 12.5 Å². The maximum atomic E-state index is 12.8. The average Bonchev–Trinajstić information content (AvgIpc) is 2.84. The Morgan fingerprint density at radius 3 is 2.67 bits per heavy atom. The van der Waals surface area contributed by atoms with Crippen molar-refractivity contribution in [3.05, 3.63) is 29.5 Å². The van der Waals surface area contributed by atoms with Gasteiger partial charge in [-0.2, -0.15) is 13.2 Å². The Balaban J connectivity index is 1.88. The van der Waals surface area contributed by atoms with Gasteiger partial charge >= 0.3 is 6.18 Å². The second-order valence-electron chi connectivity index (χ2n) is 4.91. The Bertz CT molecular complexity index is 678. The molecule has 3 heterocycles. The molecule has 0 spiro atoms.